The molecule has 1 saturated carbocycles. The molecule has 0 atom stereocenters. The molecule has 23 heavy (non-hydrogen) atoms. The topological polar surface area (TPSA) is 75.0 Å². The molecule has 1 fully saturated rings. The minimum atomic E-state index is -0.204. The predicted octanol–water partition coefficient (Wildman–Crippen LogP) is 3.99. The number of halogens is 1. The number of aromatic nitrogens is 1. The number of pyridine rings is 1. The van der Waals surface area contributed by atoms with Crippen molar-refractivity contribution in [1.29, 1.82) is 5.26 Å². The van der Waals surface area contributed by atoms with E-state index in [1.165, 1.54) is 6.92 Å². The van der Waals surface area contributed by atoms with Gasteiger partial charge in [0.05, 0.1) is 34.1 Å². The summed E-state index contributed by atoms with van der Waals surface area (Å²) >= 11 is 6.44. The zero-order valence-corrected chi connectivity index (χ0v) is 13.7. The first kappa shape index (κ1) is 15.6. The van der Waals surface area contributed by atoms with Crippen LogP contribution in [-0.2, 0) is 4.79 Å². The van der Waals surface area contributed by atoms with E-state index >= 15 is 0 Å². The Morgan fingerprint density at radius 3 is 2.83 bits per heavy atom. The number of nitrogens with zero attached hydrogens (tertiary/aromatic N) is 2. The third kappa shape index (κ3) is 2.95. The number of anilines is 1. The van der Waals surface area contributed by atoms with Crippen molar-refractivity contribution in [3.63, 3.8) is 0 Å². The van der Waals surface area contributed by atoms with Gasteiger partial charge in [-0.05, 0) is 25.8 Å². The highest BCUT2D eigenvalue weighted by atomic mass is 35.5. The fourth-order valence-corrected chi connectivity index (χ4v) is 2.88. The van der Waals surface area contributed by atoms with Gasteiger partial charge in [-0.2, -0.15) is 5.26 Å². The molecule has 5 nitrogen and oxygen atoms in total. The number of carbonyl (C=O) groups is 1. The standard InChI is InChI=1S/C17H16ClN3O2/c1-3-23-15-7-13-11(6-14(15)20-9(2)22)16(18)12(8-19)17(21-13)10-4-5-10/h6-7,10H,3-5H2,1-2H3,(H,20,22). The first-order valence-electron chi connectivity index (χ1n) is 7.52. The number of rotatable bonds is 4. The molecule has 1 aliphatic rings. The van der Waals surface area contributed by atoms with Gasteiger partial charge in [-0.1, -0.05) is 11.6 Å². The van der Waals surface area contributed by atoms with E-state index < -0.39 is 0 Å². The molecule has 0 aliphatic heterocycles. The lowest BCUT2D eigenvalue weighted by Crippen LogP contribution is -2.08. The van der Waals surface area contributed by atoms with Gasteiger partial charge in [0.2, 0.25) is 5.91 Å². The summed E-state index contributed by atoms with van der Waals surface area (Å²) in [6, 6.07) is 5.65. The molecule has 1 amide bonds. The van der Waals surface area contributed by atoms with Crippen LogP contribution in [0.2, 0.25) is 5.02 Å². The third-order valence-electron chi connectivity index (χ3n) is 3.74. The summed E-state index contributed by atoms with van der Waals surface area (Å²) in [7, 11) is 0. The van der Waals surface area contributed by atoms with Crippen LogP contribution in [0.15, 0.2) is 12.1 Å². The second kappa shape index (κ2) is 6.05. The summed E-state index contributed by atoms with van der Waals surface area (Å²) in [6.07, 6.45) is 2.07. The van der Waals surface area contributed by atoms with E-state index in [1.54, 1.807) is 12.1 Å². The molecule has 1 heterocycles. The molecule has 0 radical (unpaired) electrons. The second-order valence-electron chi connectivity index (χ2n) is 5.55. The van der Waals surface area contributed by atoms with Gasteiger partial charge in [-0.15, -0.1) is 0 Å². The lowest BCUT2D eigenvalue weighted by Gasteiger charge is -2.14. The van der Waals surface area contributed by atoms with E-state index in [-0.39, 0.29) is 5.91 Å². The van der Waals surface area contributed by atoms with Gasteiger partial charge in [0.1, 0.15) is 11.8 Å². The van der Waals surface area contributed by atoms with Gasteiger partial charge >= 0.3 is 0 Å². The number of hydrogen-bond donors (Lipinski definition) is 1. The van der Waals surface area contributed by atoms with Crippen molar-refractivity contribution >= 4 is 34.1 Å². The van der Waals surface area contributed by atoms with Gasteiger partial charge in [0.25, 0.3) is 0 Å². The van der Waals surface area contributed by atoms with Crippen LogP contribution in [0.25, 0.3) is 10.9 Å². The molecule has 1 aliphatic carbocycles. The average Bonchev–Trinajstić information content (AvgIpc) is 3.33. The number of nitriles is 1. The first-order valence-corrected chi connectivity index (χ1v) is 7.90. The van der Waals surface area contributed by atoms with Gasteiger partial charge < -0.3 is 10.1 Å². The third-order valence-corrected chi connectivity index (χ3v) is 4.13. The Morgan fingerprint density at radius 2 is 2.26 bits per heavy atom. The molecular weight excluding hydrogens is 314 g/mol. The van der Waals surface area contributed by atoms with E-state index in [2.05, 4.69) is 16.4 Å². The molecule has 1 N–H and O–H groups in total. The summed E-state index contributed by atoms with van der Waals surface area (Å²) in [5.74, 6) is 0.659. The van der Waals surface area contributed by atoms with Gasteiger partial charge in [-0.3, -0.25) is 9.78 Å². The zero-order chi connectivity index (χ0) is 16.6. The Labute approximate surface area is 139 Å². The van der Waals surface area contributed by atoms with E-state index in [1.807, 2.05) is 6.92 Å². The maximum atomic E-state index is 11.4. The van der Waals surface area contributed by atoms with Gasteiger partial charge in [0.15, 0.2) is 0 Å². The molecule has 0 saturated heterocycles. The second-order valence-corrected chi connectivity index (χ2v) is 5.93. The number of nitrogens with one attached hydrogen (secondary N) is 1. The number of amides is 1. The summed E-state index contributed by atoms with van der Waals surface area (Å²) in [6.45, 7) is 3.77. The highest BCUT2D eigenvalue weighted by Gasteiger charge is 2.30. The molecule has 1 aromatic carbocycles. The Bertz CT molecular complexity index is 838. The van der Waals surface area contributed by atoms with E-state index in [0.29, 0.717) is 45.5 Å². The van der Waals surface area contributed by atoms with E-state index in [0.717, 1.165) is 18.5 Å². The number of carbonyl (C=O) groups excluding carboxylic acids is 1. The molecule has 0 bridgehead atoms. The minimum Gasteiger partial charge on any atom is -0.492 e. The highest BCUT2D eigenvalue weighted by molar-refractivity contribution is 6.36. The van der Waals surface area contributed by atoms with Crippen molar-refractivity contribution < 1.29 is 9.53 Å². The molecule has 1 aromatic heterocycles. The van der Waals surface area contributed by atoms with Crippen LogP contribution >= 0.6 is 11.6 Å². The molecule has 3 rings (SSSR count). The average molecular weight is 330 g/mol. The van der Waals surface area contributed by atoms with Crippen LogP contribution in [-0.4, -0.2) is 17.5 Å². The smallest absolute Gasteiger partial charge is 0.221 e. The fraction of sp³-hybridized carbons (Fsp3) is 0.353. The molecule has 6 heteroatoms. The molecule has 2 aromatic rings. The van der Waals surface area contributed by atoms with Crippen LogP contribution in [0, 0.1) is 11.3 Å². The lowest BCUT2D eigenvalue weighted by molar-refractivity contribution is -0.114. The SMILES string of the molecule is CCOc1cc2nc(C3CC3)c(C#N)c(Cl)c2cc1NC(C)=O. The van der Waals surface area contributed by atoms with Crippen molar-refractivity contribution in [2.75, 3.05) is 11.9 Å². The summed E-state index contributed by atoms with van der Waals surface area (Å²) < 4.78 is 5.60. The maximum absolute atomic E-state index is 11.4. The Hall–Kier alpha value is -2.32. The van der Waals surface area contributed by atoms with E-state index in [4.69, 9.17) is 16.3 Å². The van der Waals surface area contributed by atoms with Crippen molar-refractivity contribution in [2.45, 2.75) is 32.6 Å². The quantitative estimate of drug-likeness (QED) is 0.920. The first-order chi connectivity index (χ1) is 11.0. The van der Waals surface area contributed by atoms with Gasteiger partial charge in [0, 0.05) is 24.3 Å². The summed E-state index contributed by atoms with van der Waals surface area (Å²) in [4.78, 5) is 16.0. The Kier molecular flexibility index (Phi) is 4.10. The largest absolute Gasteiger partial charge is 0.492 e. The van der Waals surface area contributed by atoms with Crippen molar-refractivity contribution in [3.05, 3.63) is 28.4 Å². The summed E-state index contributed by atoms with van der Waals surface area (Å²) in [5.41, 5.74) is 2.39. The molecule has 118 valence electrons. The van der Waals surface area contributed by atoms with Crippen LogP contribution in [0.1, 0.15) is 43.9 Å². The fourth-order valence-electron chi connectivity index (χ4n) is 2.59. The molecule has 0 unspecified atom stereocenters. The Balaban J connectivity index is 2.24. The number of ether oxygens (including phenoxy) is 1. The number of benzene rings is 1. The molecule has 0 spiro atoms. The highest BCUT2D eigenvalue weighted by Crippen LogP contribution is 2.44. The van der Waals surface area contributed by atoms with E-state index in [9.17, 15) is 10.1 Å². The predicted molar refractivity (Wildman–Crippen MR) is 88.9 cm³/mol. The number of hydrogen-bond acceptors (Lipinski definition) is 4. The van der Waals surface area contributed by atoms with Crippen LogP contribution in [0.5, 0.6) is 5.75 Å². The monoisotopic (exact) mass is 329 g/mol. The Morgan fingerprint density at radius 1 is 1.52 bits per heavy atom. The lowest BCUT2D eigenvalue weighted by atomic mass is 10.1. The van der Waals surface area contributed by atoms with Crippen LogP contribution < -0.4 is 10.1 Å². The van der Waals surface area contributed by atoms with Crippen LogP contribution in [0.3, 0.4) is 0 Å². The minimum absolute atomic E-state index is 0.204. The summed E-state index contributed by atoms with van der Waals surface area (Å²) in [5, 5.41) is 13.2. The maximum Gasteiger partial charge on any atom is 0.221 e. The van der Waals surface area contributed by atoms with Crippen molar-refractivity contribution in [2.24, 2.45) is 0 Å². The van der Waals surface area contributed by atoms with Crippen molar-refractivity contribution in [1.82, 2.24) is 4.98 Å². The number of fused-ring (bicyclic) bond motifs is 1. The normalized spacial score (nSPS) is 13.7. The van der Waals surface area contributed by atoms with Crippen LogP contribution in [0.4, 0.5) is 5.69 Å². The molecular formula is C17H16ClN3O2. The zero-order valence-electron chi connectivity index (χ0n) is 12.9. The van der Waals surface area contributed by atoms with Crippen molar-refractivity contribution in [3.8, 4) is 11.8 Å². The van der Waals surface area contributed by atoms with Gasteiger partial charge in [-0.25, -0.2) is 0 Å².